The van der Waals surface area contributed by atoms with Crippen molar-refractivity contribution in [3.8, 4) is 0 Å². The van der Waals surface area contributed by atoms with Gasteiger partial charge in [-0.3, -0.25) is 14.4 Å². The van der Waals surface area contributed by atoms with Gasteiger partial charge in [0, 0.05) is 11.1 Å². The van der Waals surface area contributed by atoms with Gasteiger partial charge in [0.2, 0.25) is 5.91 Å². The van der Waals surface area contributed by atoms with Crippen LogP contribution in [-0.2, 0) is 4.79 Å². The first kappa shape index (κ1) is 11.1. The standard InChI is InChI=1S/C11H11NO3/c1-7(13)5-10(14)8-3-2-4-9(6-8)11(12)15/h2-4,6H,5H2,1H3,(H2,12,15). The highest BCUT2D eigenvalue weighted by atomic mass is 16.2. The minimum absolute atomic E-state index is 0.151. The summed E-state index contributed by atoms with van der Waals surface area (Å²) in [5.41, 5.74) is 5.67. The van der Waals surface area contributed by atoms with Crippen LogP contribution < -0.4 is 5.73 Å². The third-order valence-electron chi connectivity index (χ3n) is 1.88. The molecule has 0 aliphatic heterocycles. The van der Waals surface area contributed by atoms with Crippen LogP contribution in [0.1, 0.15) is 34.1 Å². The molecule has 0 fully saturated rings. The number of rotatable bonds is 4. The van der Waals surface area contributed by atoms with Crippen molar-refractivity contribution in [2.45, 2.75) is 13.3 Å². The van der Waals surface area contributed by atoms with E-state index in [2.05, 4.69) is 0 Å². The number of Topliss-reactive ketones (excluding diaryl/α,β-unsaturated/α-hetero) is 2. The van der Waals surface area contributed by atoms with Crippen LogP contribution in [0.25, 0.3) is 0 Å². The van der Waals surface area contributed by atoms with E-state index in [1.807, 2.05) is 0 Å². The van der Waals surface area contributed by atoms with E-state index in [1.165, 1.54) is 19.1 Å². The molecule has 0 unspecified atom stereocenters. The second-order valence-corrected chi connectivity index (χ2v) is 3.25. The number of ketones is 2. The molecule has 0 aromatic heterocycles. The van der Waals surface area contributed by atoms with Gasteiger partial charge in [-0.1, -0.05) is 12.1 Å². The zero-order valence-corrected chi connectivity index (χ0v) is 8.32. The normalized spacial score (nSPS) is 9.67. The Morgan fingerprint density at radius 1 is 1.20 bits per heavy atom. The van der Waals surface area contributed by atoms with E-state index in [0.29, 0.717) is 5.56 Å². The van der Waals surface area contributed by atoms with E-state index in [9.17, 15) is 14.4 Å². The Balaban J connectivity index is 2.95. The first-order valence-corrected chi connectivity index (χ1v) is 4.43. The molecule has 2 N–H and O–H groups in total. The molecule has 15 heavy (non-hydrogen) atoms. The zero-order valence-electron chi connectivity index (χ0n) is 8.32. The molecule has 0 atom stereocenters. The van der Waals surface area contributed by atoms with Gasteiger partial charge >= 0.3 is 0 Å². The molecular weight excluding hydrogens is 194 g/mol. The molecule has 0 spiro atoms. The van der Waals surface area contributed by atoms with Gasteiger partial charge in [-0.2, -0.15) is 0 Å². The van der Waals surface area contributed by atoms with Crippen LogP contribution in [0.5, 0.6) is 0 Å². The summed E-state index contributed by atoms with van der Waals surface area (Å²) in [5.74, 6) is -1.09. The third-order valence-corrected chi connectivity index (χ3v) is 1.88. The number of carbonyl (C=O) groups is 3. The summed E-state index contributed by atoms with van der Waals surface area (Å²) in [6, 6.07) is 6.03. The molecule has 1 rings (SSSR count). The molecule has 0 bridgehead atoms. The highest BCUT2D eigenvalue weighted by molar-refractivity contribution is 6.08. The molecule has 1 aromatic carbocycles. The fraction of sp³-hybridized carbons (Fsp3) is 0.182. The highest BCUT2D eigenvalue weighted by Gasteiger charge is 2.10. The Kier molecular flexibility index (Phi) is 3.33. The second kappa shape index (κ2) is 4.50. The minimum atomic E-state index is -0.590. The van der Waals surface area contributed by atoms with Crippen LogP contribution >= 0.6 is 0 Å². The van der Waals surface area contributed by atoms with Crippen molar-refractivity contribution >= 4 is 17.5 Å². The number of primary amides is 1. The Labute approximate surface area is 87.1 Å². The quantitative estimate of drug-likeness (QED) is 0.587. The molecule has 0 aliphatic rings. The first-order chi connectivity index (χ1) is 7.00. The van der Waals surface area contributed by atoms with Crippen molar-refractivity contribution < 1.29 is 14.4 Å². The fourth-order valence-electron chi connectivity index (χ4n) is 1.17. The maximum Gasteiger partial charge on any atom is 0.248 e. The SMILES string of the molecule is CC(=O)CC(=O)c1cccc(C(N)=O)c1. The summed E-state index contributed by atoms with van der Waals surface area (Å²) in [6.45, 7) is 1.34. The molecule has 1 aromatic rings. The van der Waals surface area contributed by atoms with E-state index in [1.54, 1.807) is 12.1 Å². The Hall–Kier alpha value is -1.97. The average molecular weight is 205 g/mol. The summed E-state index contributed by atoms with van der Waals surface area (Å²) < 4.78 is 0. The van der Waals surface area contributed by atoms with E-state index in [-0.39, 0.29) is 23.6 Å². The van der Waals surface area contributed by atoms with Crippen LogP contribution in [0, 0.1) is 0 Å². The molecule has 4 heteroatoms. The van der Waals surface area contributed by atoms with Gasteiger partial charge in [0.25, 0.3) is 0 Å². The van der Waals surface area contributed by atoms with Gasteiger partial charge in [-0.15, -0.1) is 0 Å². The lowest BCUT2D eigenvalue weighted by molar-refractivity contribution is -0.116. The molecule has 1 amide bonds. The van der Waals surface area contributed by atoms with Gasteiger partial charge in [0.15, 0.2) is 5.78 Å². The zero-order chi connectivity index (χ0) is 11.4. The van der Waals surface area contributed by atoms with E-state index < -0.39 is 5.91 Å². The topological polar surface area (TPSA) is 77.2 Å². The summed E-state index contributed by atoms with van der Waals surface area (Å²) in [4.78, 5) is 33.0. The number of carbonyl (C=O) groups excluding carboxylic acids is 3. The number of hydrogen-bond donors (Lipinski definition) is 1. The highest BCUT2D eigenvalue weighted by Crippen LogP contribution is 2.07. The minimum Gasteiger partial charge on any atom is -0.366 e. The second-order valence-electron chi connectivity index (χ2n) is 3.25. The van der Waals surface area contributed by atoms with Crippen LogP contribution in [0.2, 0.25) is 0 Å². The lowest BCUT2D eigenvalue weighted by Crippen LogP contribution is -2.12. The maximum absolute atomic E-state index is 11.5. The number of benzene rings is 1. The van der Waals surface area contributed by atoms with Crippen LogP contribution in [-0.4, -0.2) is 17.5 Å². The Bertz CT molecular complexity index is 424. The lowest BCUT2D eigenvalue weighted by Gasteiger charge is -2.00. The number of hydrogen-bond acceptors (Lipinski definition) is 3. The third kappa shape index (κ3) is 3.02. The largest absolute Gasteiger partial charge is 0.366 e. The average Bonchev–Trinajstić information content (AvgIpc) is 2.17. The van der Waals surface area contributed by atoms with Crippen molar-refractivity contribution in [2.24, 2.45) is 5.73 Å². The molecule has 0 saturated carbocycles. The van der Waals surface area contributed by atoms with Gasteiger partial charge < -0.3 is 5.73 Å². The van der Waals surface area contributed by atoms with Gasteiger partial charge in [0.1, 0.15) is 5.78 Å². The van der Waals surface area contributed by atoms with Crippen molar-refractivity contribution in [3.63, 3.8) is 0 Å². The molecule has 78 valence electrons. The molecule has 0 heterocycles. The van der Waals surface area contributed by atoms with Crippen molar-refractivity contribution in [2.75, 3.05) is 0 Å². The van der Waals surface area contributed by atoms with Crippen molar-refractivity contribution in [1.29, 1.82) is 0 Å². The predicted octanol–water partition coefficient (Wildman–Crippen LogP) is 0.947. The summed E-state index contributed by atoms with van der Waals surface area (Å²) in [5, 5.41) is 0. The first-order valence-electron chi connectivity index (χ1n) is 4.43. The smallest absolute Gasteiger partial charge is 0.248 e. The van der Waals surface area contributed by atoms with E-state index >= 15 is 0 Å². The Morgan fingerprint density at radius 3 is 2.33 bits per heavy atom. The predicted molar refractivity (Wildman–Crippen MR) is 54.6 cm³/mol. The van der Waals surface area contributed by atoms with Gasteiger partial charge in [0.05, 0.1) is 6.42 Å². The monoisotopic (exact) mass is 205 g/mol. The summed E-state index contributed by atoms with van der Waals surface area (Å²) in [6.07, 6.45) is -0.151. The Morgan fingerprint density at radius 2 is 1.80 bits per heavy atom. The lowest BCUT2D eigenvalue weighted by atomic mass is 10.0. The number of amides is 1. The van der Waals surface area contributed by atoms with Gasteiger partial charge in [-0.25, -0.2) is 0 Å². The molecular formula is C11H11NO3. The fourth-order valence-corrected chi connectivity index (χ4v) is 1.17. The van der Waals surface area contributed by atoms with Crippen molar-refractivity contribution in [1.82, 2.24) is 0 Å². The van der Waals surface area contributed by atoms with Crippen LogP contribution in [0.4, 0.5) is 0 Å². The molecule has 4 nitrogen and oxygen atoms in total. The van der Waals surface area contributed by atoms with Gasteiger partial charge in [-0.05, 0) is 19.1 Å². The summed E-state index contributed by atoms with van der Waals surface area (Å²) in [7, 11) is 0. The number of nitrogens with two attached hydrogens (primary N) is 1. The van der Waals surface area contributed by atoms with Crippen molar-refractivity contribution in [3.05, 3.63) is 35.4 Å². The molecule has 0 saturated heterocycles. The molecule has 0 aliphatic carbocycles. The van der Waals surface area contributed by atoms with Crippen LogP contribution in [0.3, 0.4) is 0 Å². The maximum atomic E-state index is 11.5. The summed E-state index contributed by atoms with van der Waals surface area (Å²) >= 11 is 0. The van der Waals surface area contributed by atoms with E-state index in [0.717, 1.165) is 0 Å². The molecule has 0 radical (unpaired) electrons. The van der Waals surface area contributed by atoms with E-state index in [4.69, 9.17) is 5.73 Å². The van der Waals surface area contributed by atoms with Crippen LogP contribution in [0.15, 0.2) is 24.3 Å².